The zero-order valence-corrected chi connectivity index (χ0v) is 23.7. The van der Waals surface area contributed by atoms with Crippen molar-refractivity contribution >= 4 is 33.3 Å². The third-order valence-electron chi connectivity index (χ3n) is 6.87. The molecule has 1 atom stereocenters. The molecular formula is C30H35N5O3S. The minimum atomic E-state index is -1.08. The van der Waals surface area contributed by atoms with E-state index in [1.54, 1.807) is 12.4 Å². The normalized spacial score (nSPS) is 15.3. The molecule has 2 N–H and O–H groups in total. The third kappa shape index (κ3) is 6.37. The molecule has 8 nitrogen and oxygen atoms in total. The number of aromatic nitrogens is 3. The highest BCUT2D eigenvalue weighted by Gasteiger charge is 2.22. The molecule has 1 aliphatic rings. The van der Waals surface area contributed by atoms with Crippen LogP contribution in [-0.2, 0) is 27.6 Å². The van der Waals surface area contributed by atoms with E-state index in [-0.39, 0.29) is 23.1 Å². The Morgan fingerprint density at radius 2 is 1.92 bits per heavy atom. The van der Waals surface area contributed by atoms with Gasteiger partial charge in [-0.15, -0.1) is 0 Å². The van der Waals surface area contributed by atoms with Gasteiger partial charge in [0, 0.05) is 27.9 Å². The molecule has 0 saturated carbocycles. The maximum atomic E-state index is 13.2. The average molecular weight is 546 g/mol. The summed E-state index contributed by atoms with van der Waals surface area (Å²) in [6, 6.07) is 13.4. The number of fused-ring (bicyclic) bond motifs is 1. The minimum Gasteiger partial charge on any atom is -0.456 e. The molecule has 3 heterocycles. The largest absolute Gasteiger partial charge is 0.456 e. The summed E-state index contributed by atoms with van der Waals surface area (Å²) in [6.45, 7) is 9.94. The highest BCUT2D eigenvalue weighted by molar-refractivity contribution is 7.85. The summed E-state index contributed by atoms with van der Waals surface area (Å²) in [5.74, 6) is 1.25. The smallest absolute Gasteiger partial charge is 0.228 e. The molecule has 0 bridgehead atoms. The van der Waals surface area contributed by atoms with E-state index in [4.69, 9.17) is 4.74 Å². The van der Waals surface area contributed by atoms with Crippen LogP contribution in [0.2, 0.25) is 0 Å². The first kappa shape index (κ1) is 27.0. The lowest BCUT2D eigenvalue weighted by atomic mass is 10.1. The zero-order chi connectivity index (χ0) is 27.6. The molecule has 2 aromatic carbocycles. The molecule has 0 spiro atoms. The summed E-state index contributed by atoms with van der Waals surface area (Å²) < 4.78 is 21.4. The summed E-state index contributed by atoms with van der Waals surface area (Å²) in [7, 11) is -1.08. The Hall–Kier alpha value is -3.56. The number of carbonyl (C=O) groups is 1. The fourth-order valence-corrected chi connectivity index (χ4v) is 6.20. The van der Waals surface area contributed by atoms with E-state index in [1.165, 1.54) is 0 Å². The molecule has 0 radical (unpaired) electrons. The molecule has 1 aliphatic heterocycles. The molecule has 1 saturated heterocycles. The number of piperidine rings is 1. The van der Waals surface area contributed by atoms with Crippen LogP contribution in [0.3, 0.4) is 0 Å². The lowest BCUT2D eigenvalue weighted by Crippen LogP contribution is -2.33. The van der Waals surface area contributed by atoms with Gasteiger partial charge in [0.15, 0.2) is 0 Å². The van der Waals surface area contributed by atoms with E-state index in [0.717, 1.165) is 52.9 Å². The topological polar surface area (TPSA) is 98.1 Å². The van der Waals surface area contributed by atoms with Crippen molar-refractivity contribution in [3.05, 3.63) is 72.2 Å². The lowest BCUT2D eigenvalue weighted by Gasteiger charge is -2.22. The van der Waals surface area contributed by atoms with Crippen molar-refractivity contribution in [3.8, 4) is 11.5 Å². The number of carbonyl (C=O) groups excluding carboxylic acids is 1. The molecule has 204 valence electrons. The van der Waals surface area contributed by atoms with Gasteiger partial charge in [-0.3, -0.25) is 18.7 Å². The van der Waals surface area contributed by atoms with Gasteiger partial charge in [-0.1, -0.05) is 12.1 Å². The number of ether oxygens (including phenoxy) is 1. The Morgan fingerprint density at radius 1 is 1.13 bits per heavy atom. The Balaban J connectivity index is 1.30. The number of pyridine rings is 1. The van der Waals surface area contributed by atoms with Crippen molar-refractivity contribution in [3.63, 3.8) is 0 Å². The van der Waals surface area contributed by atoms with Gasteiger partial charge in [-0.05, 0) is 95.1 Å². The van der Waals surface area contributed by atoms with E-state index in [2.05, 4.69) is 41.5 Å². The number of aryl methyl sites for hydroxylation is 1. The van der Waals surface area contributed by atoms with Gasteiger partial charge in [-0.25, -0.2) is 0 Å². The first-order valence-corrected chi connectivity index (χ1v) is 14.5. The third-order valence-corrected chi connectivity index (χ3v) is 8.67. The number of hydrogen-bond donors (Lipinski definition) is 2. The van der Waals surface area contributed by atoms with Crippen LogP contribution < -0.4 is 15.4 Å². The van der Waals surface area contributed by atoms with Gasteiger partial charge in [0.1, 0.15) is 11.5 Å². The average Bonchev–Trinajstić information content (AvgIpc) is 3.39. The number of rotatable bonds is 7. The SMILES string of the molecule is Cc1cc(CC(=O)Nc2cnn(C(C)(C)C)c2)ccc1Oc1ccnc2ccc(S(=O)C3CCNCC3)cc12. The number of hydrogen-bond acceptors (Lipinski definition) is 6. The fourth-order valence-electron chi connectivity index (χ4n) is 4.72. The van der Waals surface area contributed by atoms with Crippen molar-refractivity contribution < 1.29 is 13.7 Å². The molecule has 0 aliphatic carbocycles. The van der Waals surface area contributed by atoms with Crippen LogP contribution in [0.1, 0.15) is 44.7 Å². The molecule has 5 rings (SSSR count). The van der Waals surface area contributed by atoms with Crippen LogP contribution in [0.4, 0.5) is 5.69 Å². The zero-order valence-electron chi connectivity index (χ0n) is 22.9. The minimum absolute atomic E-state index is 0.106. The fraction of sp³-hybridized carbons (Fsp3) is 0.367. The standard InChI is InChI=1S/C30H35N5O3S/c1-20-15-21(16-29(36)34-22-18-33-35(19-22)30(2,3)4)5-8-27(20)38-28-11-14-32-26-7-6-24(17-25(26)28)39(37)23-9-12-31-13-10-23/h5-8,11,14-15,17-19,23,31H,9-10,12-13,16H2,1-4H3,(H,34,36). The maximum Gasteiger partial charge on any atom is 0.228 e. The Bertz CT molecular complexity index is 1520. The Morgan fingerprint density at radius 3 is 2.64 bits per heavy atom. The predicted molar refractivity (Wildman–Crippen MR) is 155 cm³/mol. The van der Waals surface area contributed by atoms with Gasteiger partial charge < -0.3 is 15.4 Å². The van der Waals surface area contributed by atoms with Crippen molar-refractivity contribution in [2.45, 2.75) is 62.6 Å². The van der Waals surface area contributed by atoms with Gasteiger partial charge in [0.2, 0.25) is 5.91 Å². The van der Waals surface area contributed by atoms with E-state index < -0.39 is 10.8 Å². The van der Waals surface area contributed by atoms with Crippen molar-refractivity contribution in [1.29, 1.82) is 0 Å². The van der Waals surface area contributed by atoms with Crippen LogP contribution in [-0.4, -0.2) is 43.2 Å². The molecule has 1 unspecified atom stereocenters. The van der Waals surface area contributed by atoms with Crippen LogP contribution in [0.25, 0.3) is 10.9 Å². The van der Waals surface area contributed by atoms with Gasteiger partial charge in [-0.2, -0.15) is 5.10 Å². The van der Waals surface area contributed by atoms with E-state index in [1.807, 2.05) is 60.3 Å². The monoisotopic (exact) mass is 545 g/mol. The molecule has 2 aromatic heterocycles. The van der Waals surface area contributed by atoms with Gasteiger partial charge in [0.25, 0.3) is 0 Å². The van der Waals surface area contributed by atoms with Gasteiger partial charge >= 0.3 is 0 Å². The highest BCUT2D eigenvalue weighted by Crippen LogP contribution is 2.33. The first-order valence-electron chi connectivity index (χ1n) is 13.3. The number of amides is 1. The maximum absolute atomic E-state index is 13.2. The summed E-state index contributed by atoms with van der Waals surface area (Å²) in [5, 5.41) is 11.6. The molecule has 1 amide bonds. The molecule has 1 fully saturated rings. The molecular weight excluding hydrogens is 510 g/mol. The first-order chi connectivity index (χ1) is 18.7. The lowest BCUT2D eigenvalue weighted by molar-refractivity contribution is -0.115. The van der Waals surface area contributed by atoms with Crippen LogP contribution in [0.15, 0.2) is 66.0 Å². The van der Waals surface area contributed by atoms with Crippen LogP contribution >= 0.6 is 0 Å². The highest BCUT2D eigenvalue weighted by atomic mass is 32.2. The summed E-state index contributed by atoms with van der Waals surface area (Å²) >= 11 is 0. The molecule has 4 aromatic rings. The van der Waals surface area contributed by atoms with Crippen LogP contribution in [0, 0.1) is 6.92 Å². The quantitative estimate of drug-likeness (QED) is 0.326. The van der Waals surface area contributed by atoms with E-state index in [0.29, 0.717) is 17.2 Å². The van der Waals surface area contributed by atoms with Crippen molar-refractivity contribution in [1.82, 2.24) is 20.1 Å². The molecule has 39 heavy (non-hydrogen) atoms. The van der Waals surface area contributed by atoms with Gasteiger partial charge in [0.05, 0.1) is 40.2 Å². The Kier molecular flexibility index (Phi) is 7.81. The Labute approximate surface area is 231 Å². The summed E-state index contributed by atoms with van der Waals surface area (Å²) in [6.07, 6.45) is 7.28. The second kappa shape index (κ2) is 11.3. The number of anilines is 1. The summed E-state index contributed by atoms with van der Waals surface area (Å²) in [5.41, 5.74) is 3.12. The van der Waals surface area contributed by atoms with E-state index >= 15 is 0 Å². The van der Waals surface area contributed by atoms with Crippen LogP contribution in [0.5, 0.6) is 11.5 Å². The second-order valence-corrected chi connectivity index (χ2v) is 12.7. The number of benzene rings is 2. The number of nitrogens with one attached hydrogen (secondary N) is 2. The predicted octanol–water partition coefficient (Wildman–Crippen LogP) is 5.33. The molecule has 9 heteroatoms. The summed E-state index contributed by atoms with van der Waals surface area (Å²) in [4.78, 5) is 17.9. The van der Waals surface area contributed by atoms with Crippen molar-refractivity contribution in [2.75, 3.05) is 18.4 Å². The van der Waals surface area contributed by atoms with E-state index in [9.17, 15) is 9.00 Å². The second-order valence-electron chi connectivity index (χ2n) is 11.0. The van der Waals surface area contributed by atoms with Crippen molar-refractivity contribution in [2.24, 2.45) is 0 Å². The number of nitrogens with zero attached hydrogens (tertiary/aromatic N) is 3.